The number of hydroxylamine groups is 1. The number of rotatable bonds is 3. The zero-order valence-electron chi connectivity index (χ0n) is 13.5. The second kappa shape index (κ2) is 6.02. The first kappa shape index (κ1) is 15.5. The van der Waals surface area contributed by atoms with Crippen LogP contribution in [0.2, 0.25) is 0 Å². The summed E-state index contributed by atoms with van der Waals surface area (Å²) in [5, 5.41) is 14.1. The van der Waals surface area contributed by atoms with Gasteiger partial charge in [-0.2, -0.15) is 0 Å². The van der Waals surface area contributed by atoms with Gasteiger partial charge in [0.1, 0.15) is 6.23 Å². The Morgan fingerprint density at radius 1 is 1.22 bits per heavy atom. The van der Waals surface area contributed by atoms with Gasteiger partial charge >= 0.3 is 5.97 Å². The van der Waals surface area contributed by atoms with Crippen LogP contribution in [0.25, 0.3) is 11.1 Å². The summed E-state index contributed by atoms with van der Waals surface area (Å²) in [5.74, 6) is -0.904. The Labute approximate surface area is 135 Å². The lowest BCUT2D eigenvalue weighted by Gasteiger charge is -2.19. The van der Waals surface area contributed by atoms with Crippen LogP contribution in [0.15, 0.2) is 36.4 Å². The smallest absolute Gasteiger partial charge is 0.335 e. The lowest BCUT2D eigenvalue weighted by Crippen LogP contribution is -2.20. The number of carboxylic acids is 1. The molecule has 1 unspecified atom stereocenters. The van der Waals surface area contributed by atoms with Gasteiger partial charge in [0.15, 0.2) is 0 Å². The summed E-state index contributed by atoms with van der Waals surface area (Å²) >= 11 is 0. The van der Waals surface area contributed by atoms with Crippen LogP contribution in [-0.2, 0) is 4.84 Å². The van der Waals surface area contributed by atoms with Gasteiger partial charge in [0.05, 0.1) is 17.9 Å². The number of anilines is 1. The summed E-state index contributed by atoms with van der Waals surface area (Å²) < 4.78 is 0. The SMILES string of the molecule is Cc1cc(C(=O)O)ccc1-c1ccc(N2CNC(C)O2)c(C)c1. The molecule has 2 N–H and O–H groups in total. The third-order valence-electron chi connectivity index (χ3n) is 4.06. The minimum absolute atomic E-state index is 0.0138. The topological polar surface area (TPSA) is 61.8 Å². The van der Waals surface area contributed by atoms with Crippen molar-refractivity contribution >= 4 is 11.7 Å². The molecule has 1 atom stereocenters. The normalized spacial score (nSPS) is 17.5. The number of hydrogen-bond acceptors (Lipinski definition) is 4. The van der Waals surface area contributed by atoms with Crippen molar-refractivity contribution < 1.29 is 14.7 Å². The molecule has 1 aliphatic rings. The molecule has 0 bridgehead atoms. The van der Waals surface area contributed by atoms with E-state index in [1.54, 1.807) is 12.1 Å². The molecular weight excluding hydrogens is 292 g/mol. The summed E-state index contributed by atoms with van der Waals surface area (Å²) in [7, 11) is 0. The van der Waals surface area contributed by atoms with E-state index in [-0.39, 0.29) is 6.23 Å². The number of carbonyl (C=O) groups is 1. The summed E-state index contributed by atoms with van der Waals surface area (Å²) in [6.45, 7) is 6.61. The molecule has 2 aromatic rings. The van der Waals surface area contributed by atoms with Gasteiger partial charge in [0, 0.05) is 0 Å². The van der Waals surface area contributed by atoms with Crippen molar-refractivity contribution in [1.82, 2.24) is 5.32 Å². The Hall–Kier alpha value is -2.37. The molecule has 0 amide bonds. The fourth-order valence-corrected chi connectivity index (χ4v) is 2.84. The van der Waals surface area contributed by atoms with E-state index in [4.69, 9.17) is 9.94 Å². The van der Waals surface area contributed by atoms with Crippen LogP contribution in [0.3, 0.4) is 0 Å². The van der Waals surface area contributed by atoms with E-state index >= 15 is 0 Å². The molecule has 0 spiro atoms. The van der Waals surface area contributed by atoms with Crippen molar-refractivity contribution in [2.75, 3.05) is 11.7 Å². The van der Waals surface area contributed by atoms with Gasteiger partial charge in [-0.15, -0.1) is 0 Å². The van der Waals surface area contributed by atoms with E-state index in [9.17, 15) is 4.79 Å². The average molecular weight is 312 g/mol. The summed E-state index contributed by atoms with van der Waals surface area (Å²) in [5.41, 5.74) is 5.51. The van der Waals surface area contributed by atoms with Crippen LogP contribution in [0.4, 0.5) is 5.69 Å². The molecule has 0 aromatic heterocycles. The molecule has 23 heavy (non-hydrogen) atoms. The molecular formula is C18H20N2O3. The zero-order valence-corrected chi connectivity index (χ0v) is 13.5. The lowest BCUT2D eigenvalue weighted by molar-refractivity contribution is 0.0696. The minimum atomic E-state index is -0.904. The van der Waals surface area contributed by atoms with Crippen molar-refractivity contribution in [3.05, 3.63) is 53.1 Å². The van der Waals surface area contributed by atoms with Crippen molar-refractivity contribution in [2.45, 2.75) is 27.0 Å². The number of aryl methyl sites for hydroxylation is 2. The van der Waals surface area contributed by atoms with Crippen molar-refractivity contribution in [1.29, 1.82) is 0 Å². The molecule has 3 rings (SSSR count). The molecule has 1 aliphatic heterocycles. The number of nitrogens with one attached hydrogen (secondary N) is 1. The van der Waals surface area contributed by atoms with Crippen LogP contribution in [-0.4, -0.2) is 24.0 Å². The van der Waals surface area contributed by atoms with E-state index in [1.807, 2.05) is 44.0 Å². The van der Waals surface area contributed by atoms with Gasteiger partial charge < -0.3 is 5.11 Å². The largest absolute Gasteiger partial charge is 0.478 e. The molecule has 5 heteroatoms. The molecule has 0 aliphatic carbocycles. The van der Waals surface area contributed by atoms with Gasteiger partial charge in [-0.1, -0.05) is 12.1 Å². The van der Waals surface area contributed by atoms with Crippen molar-refractivity contribution in [3.63, 3.8) is 0 Å². The highest BCUT2D eigenvalue weighted by molar-refractivity contribution is 5.89. The van der Waals surface area contributed by atoms with E-state index in [2.05, 4.69) is 11.4 Å². The second-order valence-corrected chi connectivity index (χ2v) is 5.82. The third kappa shape index (κ3) is 3.06. The third-order valence-corrected chi connectivity index (χ3v) is 4.06. The fraction of sp³-hybridized carbons (Fsp3) is 0.278. The predicted molar refractivity (Wildman–Crippen MR) is 89.3 cm³/mol. The highest BCUT2D eigenvalue weighted by atomic mass is 16.7. The van der Waals surface area contributed by atoms with Crippen LogP contribution in [0.1, 0.15) is 28.4 Å². The monoisotopic (exact) mass is 312 g/mol. The lowest BCUT2D eigenvalue weighted by atomic mass is 9.96. The van der Waals surface area contributed by atoms with E-state index in [0.717, 1.165) is 27.9 Å². The van der Waals surface area contributed by atoms with Crippen LogP contribution >= 0.6 is 0 Å². The molecule has 0 radical (unpaired) electrons. The van der Waals surface area contributed by atoms with Gasteiger partial charge in [0.25, 0.3) is 0 Å². The maximum atomic E-state index is 11.0. The Morgan fingerprint density at radius 2 is 2.00 bits per heavy atom. The fourth-order valence-electron chi connectivity index (χ4n) is 2.84. The van der Waals surface area contributed by atoms with Gasteiger partial charge in [-0.25, -0.2) is 9.86 Å². The van der Waals surface area contributed by atoms with Crippen molar-refractivity contribution in [3.8, 4) is 11.1 Å². The number of hydrogen-bond donors (Lipinski definition) is 2. The molecule has 120 valence electrons. The number of nitrogens with zero attached hydrogens (tertiary/aromatic N) is 1. The maximum Gasteiger partial charge on any atom is 0.335 e. The van der Waals surface area contributed by atoms with Gasteiger partial charge in [0.2, 0.25) is 0 Å². The summed E-state index contributed by atoms with van der Waals surface area (Å²) in [4.78, 5) is 16.7. The van der Waals surface area contributed by atoms with Crippen LogP contribution in [0.5, 0.6) is 0 Å². The molecule has 1 fully saturated rings. The Kier molecular flexibility index (Phi) is 4.07. The van der Waals surface area contributed by atoms with E-state index < -0.39 is 5.97 Å². The summed E-state index contributed by atoms with van der Waals surface area (Å²) in [6, 6.07) is 11.4. The predicted octanol–water partition coefficient (Wildman–Crippen LogP) is 3.31. The Balaban J connectivity index is 1.93. The number of benzene rings is 2. The van der Waals surface area contributed by atoms with Crippen LogP contribution < -0.4 is 10.4 Å². The van der Waals surface area contributed by atoms with E-state index in [1.165, 1.54) is 0 Å². The van der Waals surface area contributed by atoms with E-state index in [0.29, 0.717) is 12.2 Å². The second-order valence-electron chi connectivity index (χ2n) is 5.82. The maximum absolute atomic E-state index is 11.0. The highest BCUT2D eigenvalue weighted by Crippen LogP contribution is 2.30. The van der Waals surface area contributed by atoms with Gasteiger partial charge in [-0.05, 0) is 67.3 Å². The van der Waals surface area contributed by atoms with Crippen LogP contribution in [0, 0.1) is 13.8 Å². The summed E-state index contributed by atoms with van der Waals surface area (Å²) in [6.07, 6.45) is 0.0138. The molecule has 2 aromatic carbocycles. The first-order valence-electron chi connectivity index (χ1n) is 7.58. The Bertz CT molecular complexity index is 758. The molecule has 0 saturated carbocycles. The average Bonchev–Trinajstić information content (AvgIpc) is 2.93. The Morgan fingerprint density at radius 3 is 2.57 bits per heavy atom. The number of carboxylic acid groups (broad SMARTS) is 1. The standard InChI is InChI=1S/C18H20N2O3/c1-11-8-15(18(21)22)4-6-16(11)14-5-7-17(12(2)9-14)20-10-19-13(3)23-20/h4-9,13,19H,10H2,1-3H3,(H,21,22). The molecule has 1 saturated heterocycles. The first-order chi connectivity index (χ1) is 11.0. The molecule has 1 heterocycles. The zero-order chi connectivity index (χ0) is 16.6. The van der Waals surface area contributed by atoms with Crippen molar-refractivity contribution in [2.24, 2.45) is 0 Å². The molecule has 5 nitrogen and oxygen atoms in total. The highest BCUT2D eigenvalue weighted by Gasteiger charge is 2.20. The van der Waals surface area contributed by atoms with Gasteiger partial charge in [-0.3, -0.25) is 10.2 Å². The first-order valence-corrected chi connectivity index (χ1v) is 7.58. The minimum Gasteiger partial charge on any atom is -0.478 e. The quantitative estimate of drug-likeness (QED) is 0.910. The number of aromatic carboxylic acids is 1.